The van der Waals surface area contributed by atoms with Crippen LogP contribution >= 0.6 is 0 Å². The Hall–Kier alpha value is 0.150. The third kappa shape index (κ3) is 16.0. The molecule has 8 N–H and O–H groups in total. The van der Waals surface area contributed by atoms with Crippen LogP contribution in [0.5, 0.6) is 0 Å². The van der Waals surface area contributed by atoms with Crippen molar-refractivity contribution in [2.45, 2.75) is 123 Å². The largest absolute Gasteiger partial charge is 0.478 e. The fourth-order valence-corrected chi connectivity index (χ4v) is 88.1. The predicted octanol–water partition coefficient (Wildman–Crippen LogP) is 1.40. The van der Waals surface area contributed by atoms with Crippen molar-refractivity contribution in [2.24, 2.45) is 0 Å². The summed E-state index contributed by atoms with van der Waals surface area (Å²) in [6, 6.07) is 2.72. The average Bonchev–Trinajstić information content (AvgIpc) is 4.07. The monoisotopic (exact) mass is 1460 g/mol. The number of carbonyl (C=O) groups is 4. The first-order valence-corrected chi connectivity index (χ1v) is 62.5. The van der Waals surface area contributed by atoms with Crippen molar-refractivity contribution in [1.29, 1.82) is 0 Å². The van der Waals surface area contributed by atoms with Crippen molar-refractivity contribution in [1.82, 2.24) is 0 Å². The summed E-state index contributed by atoms with van der Waals surface area (Å²) in [5.74, 6) is 4.10. The molecule has 10 aliphatic rings. The van der Waals surface area contributed by atoms with Gasteiger partial charge in [-0.05, 0) is 74.5 Å². The molecule has 0 atom stereocenters. The van der Waals surface area contributed by atoms with Crippen molar-refractivity contribution in [2.75, 3.05) is 56.9 Å². The maximum absolute atomic E-state index is 13.1. The van der Waals surface area contributed by atoms with Crippen LogP contribution in [0.4, 0.5) is 0 Å². The van der Waals surface area contributed by atoms with Crippen LogP contribution in [0.25, 0.3) is 0 Å². The standard InChI is InChI=1S/C40H80O24Si16.4H2O/c1-45-65(9,46-2)13-29-73-53-74(30-14-66(10,47-3)48-4)55-76(32-16-68(12,51-7)52-8)56-75(54-73,31-15-67(11,49-5)50-6)59-79(35-27-71(39-43)21-22-71)62-77(57-73,33-25-69(37-41)17-18-69)61-78(58-74,34-26-70(38-42)19-20-70)63-80(60-76,64-79)36-28-72(40-44)23-24-72;;;;/h17-24,37-40H,13-16,25-36H2,1-12H3;4*1H2. The molecule has 6 fully saturated rings. The maximum Gasteiger partial charge on any atom is 0.478 e. The quantitative estimate of drug-likeness (QED) is 0.0632. The van der Waals surface area contributed by atoms with E-state index in [1.165, 1.54) is 0 Å². The van der Waals surface area contributed by atoms with E-state index in [0.717, 1.165) is 23.6 Å². The van der Waals surface area contributed by atoms with Gasteiger partial charge in [-0.15, -0.1) is 0 Å². The van der Waals surface area contributed by atoms with E-state index in [2.05, 4.69) is 0 Å². The third-order valence-electron chi connectivity index (χ3n) is 17.4. The SMILES string of the molecule is CO[Si](C)(CC[Si]12O[Si]3(CC[Si]4(C=O)C=C4)O[Si]4(CC[Si]5(C=O)C=C5)O[Si]5(CC[Si]6(C=O)C=C6)O[Si](CC[Si]6(C=O)C=C6)(O3)O[Si](CC[Si](C)(OC)OC)(O1)O[Si](CC[Si](C)(OC)OC)(O5)O[Si](CC[Si](C)(OC)OC)(O4)O2)OC.O.O.O.O. The van der Waals surface area contributed by atoms with Crippen LogP contribution in [0, 0.1) is 0 Å². The molecule has 480 valence electrons. The van der Waals surface area contributed by atoms with E-state index in [-0.39, 0.29) is 94.4 Å². The van der Waals surface area contributed by atoms with E-state index in [1.54, 1.807) is 56.9 Å². The smallest absolute Gasteiger partial charge is 0.412 e. The molecule has 28 nitrogen and oxygen atoms in total. The molecule has 0 aromatic heterocycles. The molecule has 0 amide bonds. The molecule has 10 heterocycles. The molecule has 0 aromatic carbocycles. The lowest BCUT2D eigenvalue weighted by atomic mass is 10.9. The van der Waals surface area contributed by atoms with Crippen LogP contribution in [0.1, 0.15) is 0 Å². The summed E-state index contributed by atoms with van der Waals surface area (Å²) < 4.78 is 146. The summed E-state index contributed by atoms with van der Waals surface area (Å²) in [5.41, 5.74) is 15.7. The van der Waals surface area contributed by atoms with Crippen LogP contribution in [0.15, 0.2) is 45.6 Å². The van der Waals surface area contributed by atoms with Crippen LogP contribution < -0.4 is 0 Å². The van der Waals surface area contributed by atoms with Gasteiger partial charge in [0.1, 0.15) is 23.6 Å². The predicted molar refractivity (Wildman–Crippen MR) is 340 cm³/mol. The molecular formula is C40H88O28Si16. The Morgan fingerprint density at radius 3 is 0.500 bits per heavy atom. The molecule has 84 heavy (non-hydrogen) atoms. The molecule has 0 spiro atoms. The van der Waals surface area contributed by atoms with Gasteiger partial charge in [0.05, 0.1) is 0 Å². The first-order valence-electron chi connectivity index (χ1n) is 27.2. The Kier molecular flexibility index (Phi) is 24.1. The van der Waals surface area contributed by atoms with Crippen molar-refractivity contribution in [3.63, 3.8) is 0 Å². The Morgan fingerprint density at radius 2 is 0.393 bits per heavy atom. The van der Waals surface area contributed by atoms with Crippen molar-refractivity contribution < 1.29 is 126 Å². The van der Waals surface area contributed by atoms with E-state index < -0.39 is 137 Å². The molecule has 8 bridgehead atoms. The highest BCUT2D eigenvalue weighted by Gasteiger charge is 2.84. The summed E-state index contributed by atoms with van der Waals surface area (Å²) >= 11 is 0. The number of hydrogen-bond acceptors (Lipinski definition) is 24. The fraction of sp³-hybridized carbons (Fsp3) is 0.700. The summed E-state index contributed by atoms with van der Waals surface area (Å²) in [5, 5.41) is 0. The van der Waals surface area contributed by atoms with Gasteiger partial charge >= 0.3 is 105 Å². The Balaban J connectivity index is 0.00000323. The molecule has 6 saturated heterocycles. The molecule has 0 radical (unpaired) electrons. The van der Waals surface area contributed by atoms with Gasteiger partial charge in [0.25, 0.3) is 0 Å². The van der Waals surface area contributed by atoms with Crippen LogP contribution in [0.2, 0.25) is 123 Å². The highest BCUT2D eigenvalue weighted by Crippen LogP contribution is 2.57. The van der Waals surface area contributed by atoms with Crippen molar-refractivity contribution >= 4 is 161 Å². The zero-order chi connectivity index (χ0) is 57.9. The molecule has 0 aliphatic carbocycles. The lowest BCUT2D eigenvalue weighted by Gasteiger charge is -2.63. The molecule has 0 unspecified atom stereocenters. The van der Waals surface area contributed by atoms with Gasteiger partial charge in [-0.1, -0.05) is 45.6 Å². The zero-order valence-electron chi connectivity index (χ0n) is 50.0. The zero-order valence-corrected chi connectivity index (χ0v) is 66.0. The minimum absolute atomic E-state index is 0. The van der Waals surface area contributed by atoms with Crippen LogP contribution in [-0.2, 0) is 104 Å². The molecular weight excluding hydrogens is 1380 g/mol. The summed E-state index contributed by atoms with van der Waals surface area (Å²) in [7, 11) is -47.6. The summed E-state index contributed by atoms with van der Waals surface area (Å²) in [6.07, 6.45) is 0. The lowest BCUT2D eigenvalue weighted by Crippen LogP contribution is -2.88. The highest BCUT2D eigenvalue weighted by atomic mass is 28.6. The van der Waals surface area contributed by atoms with Crippen LogP contribution in [-0.4, -0.2) is 239 Å². The molecule has 0 aromatic rings. The minimum atomic E-state index is -4.68. The molecule has 44 heteroatoms. The van der Waals surface area contributed by atoms with Gasteiger partial charge in [0.2, 0.25) is 0 Å². The average molecular weight is 1470 g/mol. The summed E-state index contributed by atoms with van der Waals surface area (Å²) in [4.78, 5) is 52.4. The van der Waals surface area contributed by atoms with Gasteiger partial charge < -0.3 is 126 Å². The Bertz CT molecular complexity index is 2100. The van der Waals surface area contributed by atoms with Gasteiger partial charge in [0, 0.05) is 105 Å². The van der Waals surface area contributed by atoms with E-state index >= 15 is 0 Å². The first kappa shape index (κ1) is 74.9. The van der Waals surface area contributed by atoms with Crippen LogP contribution in [0.3, 0.4) is 0 Å². The second-order valence-electron chi connectivity index (χ2n) is 23.1. The summed E-state index contributed by atoms with van der Waals surface area (Å²) in [6.45, 7) is 7.75. The van der Waals surface area contributed by atoms with Crippen molar-refractivity contribution in [3.05, 3.63) is 45.6 Å². The first-order chi connectivity index (χ1) is 37.7. The Labute approximate surface area is 508 Å². The second-order valence-corrected chi connectivity index (χ2v) is 76.7. The lowest BCUT2D eigenvalue weighted by molar-refractivity contribution is -0.0292. The normalized spacial score (nSPS) is 34.4. The van der Waals surface area contributed by atoms with E-state index in [0.29, 0.717) is 24.2 Å². The van der Waals surface area contributed by atoms with Gasteiger partial charge in [-0.3, -0.25) is 0 Å². The molecule has 0 saturated carbocycles. The van der Waals surface area contributed by atoms with E-state index in [9.17, 15) is 19.2 Å². The minimum Gasteiger partial charge on any atom is -0.412 e. The number of carbonyl (C=O) groups excluding carboxylic acids is 4. The number of rotatable bonds is 36. The van der Waals surface area contributed by atoms with Gasteiger partial charge in [0.15, 0.2) is 32.3 Å². The van der Waals surface area contributed by atoms with Gasteiger partial charge in [-0.25, -0.2) is 0 Å². The highest BCUT2D eigenvalue weighted by molar-refractivity contribution is 7.18. The van der Waals surface area contributed by atoms with Gasteiger partial charge in [-0.2, -0.15) is 0 Å². The fourth-order valence-electron chi connectivity index (χ4n) is 10.4. The molecule has 10 aliphatic heterocycles. The van der Waals surface area contributed by atoms with E-state index in [1.807, 2.05) is 71.8 Å². The topological polar surface area (TPSA) is 379 Å². The second kappa shape index (κ2) is 27.0. The molecule has 10 rings (SSSR count). The third-order valence-corrected chi connectivity index (χ3v) is 80.7. The Morgan fingerprint density at radius 1 is 0.262 bits per heavy atom. The number of hydrogen-bond donors (Lipinski definition) is 0. The van der Waals surface area contributed by atoms with Crippen molar-refractivity contribution in [3.8, 4) is 0 Å². The maximum atomic E-state index is 13.1. The van der Waals surface area contributed by atoms with E-state index in [4.69, 9.17) is 84.8 Å².